The highest BCUT2D eigenvalue weighted by Gasteiger charge is 2.36. The zero-order chi connectivity index (χ0) is 46.6. The maximum atomic E-state index is 14.5. The molecule has 7 aromatic carbocycles. The number of hydrogen-bond acceptors (Lipinski definition) is 11. The maximum Gasteiger partial charge on any atom is 0.426 e. The summed E-state index contributed by atoms with van der Waals surface area (Å²) in [5, 5.41) is 52.8. The first kappa shape index (κ1) is 43.7. The van der Waals surface area contributed by atoms with Crippen LogP contribution in [-0.4, -0.2) is 32.2 Å². The van der Waals surface area contributed by atoms with Crippen LogP contribution >= 0.6 is 0 Å². The molecule has 3 aliphatic carbocycles. The molecule has 0 radical (unpaired) electrons. The molecule has 0 atom stereocenters. The maximum absolute atomic E-state index is 14.5. The van der Waals surface area contributed by atoms with Crippen molar-refractivity contribution in [1.82, 2.24) is 0 Å². The van der Waals surface area contributed by atoms with Gasteiger partial charge < -0.3 is 23.7 Å². The molecule has 0 spiro atoms. The highest BCUT2D eigenvalue weighted by Crippen LogP contribution is 2.52. The summed E-state index contributed by atoms with van der Waals surface area (Å²) in [6, 6.07) is 29.1. The molecule has 0 aromatic heterocycles. The number of phenolic OH excluding ortho intramolecular Hbond substituents is 3. The van der Waals surface area contributed by atoms with Gasteiger partial charge in [0, 0.05) is 45.2 Å². The Kier molecular flexibility index (Phi) is 11.2. The average molecular weight is 935 g/mol. The van der Waals surface area contributed by atoms with E-state index in [1.807, 2.05) is 24.3 Å². The first-order valence-electron chi connectivity index (χ1n) is 22.6. The number of phenols is 3. The second-order valence-corrected chi connectivity index (χ2v) is 20.9. The fourth-order valence-electron chi connectivity index (χ4n) is 10.7. The Labute approximate surface area is 387 Å². The van der Waals surface area contributed by atoms with Gasteiger partial charge in [-0.1, -0.05) is 93.1 Å². The number of fused-ring (bicyclic) bond motifs is 4. The van der Waals surface area contributed by atoms with Gasteiger partial charge in [0.05, 0.1) is 0 Å². The summed E-state index contributed by atoms with van der Waals surface area (Å²) in [7, 11) is -9.11. The van der Waals surface area contributed by atoms with Crippen molar-refractivity contribution in [1.29, 1.82) is 10.8 Å². The molecule has 0 saturated heterocycles. The van der Waals surface area contributed by atoms with Crippen molar-refractivity contribution in [2.24, 2.45) is 0 Å². The fraction of sp³-hybridized carbons (Fsp3) is 0.269. The summed E-state index contributed by atoms with van der Waals surface area (Å²) in [4.78, 5) is 5.87. The lowest BCUT2D eigenvalue weighted by molar-refractivity contribution is 0.427. The van der Waals surface area contributed by atoms with Gasteiger partial charge in [-0.3, -0.25) is 0 Å². The van der Waals surface area contributed by atoms with E-state index in [1.54, 1.807) is 24.3 Å². The van der Waals surface area contributed by atoms with E-state index in [4.69, 9.17) is 8.37 Å². The summed E-state index contributed by atoms with van der Waals surface area (Å²) in [5.41, 5.74) is 5.03. The minimum absolute atomic E-state index is 0.0275. The molecule has 0 aliphatic heterocycles. The Bertz CT molecular complexity index is 3270. The van der Waals surface area contributed by atoms with E-state index in [0.29, 0.717) is 16.7 Å². The Morgan fingerprint density at radius 3 is 1.36 bits per heavy atom. The topological polar surface area (TPSA) is 204 Å². The van der Waals surface area contributed by atoms with Crippen molar-refractivity contribution < 1.29 is 40.5 Å². The van der Waals surface area contributed by atoms with Crippen LogP contribution in [0.4, 0.5) is 11.4 Å². The Morgan fingerprint density at radius 2 is 0.925 bits per heavy atom. The summed E-state index contributed by atoms with van der Waals surface area (Å²) in [5.74, 6) is -0.973. The van der Waals surface area contributed by atoms with E-state index in [9.17, 15) is 42.9 Å². The Morgan fingerprint density at radius 1 is 0.478 bits per heavy atom. The van der Waals surface area contributed by atoms with Crippen molar-refractivity contribution in [3.8, 4) is 28.7 Å². The van der Waals surface area contributed by atoms with Gasteiger partial charge in [-0.05, 0) is 120 Å². The van der Waals surface area contributed by atoms with Gasteiger partial charge in [0.25, 0.3) is 0 Å². The van der Waals surface area contributed by atoms with E-state index < -0.39 is 26.2 Å². The van der Waals surface area contributed by atoms with E-state index in [0.717, 1.165) is 86.5 Å². The smallest absolute Gasteiger partial charge is 0.426 e. The van der Waals surface area contributed by atoms with E-state index in [2.05, 4.69) is 9.95 Å². The van der Waals surface area contributed by atoms with Crippen molar-refractivity contribution in [3.63, 3.8) is 0 Å². The number of nitrogens with zero attached hydrogens (tertiary/aromatic N) is 4. The molecule has 13 nitrogen and oxygen atoms in total. The van der Waals surface area contributed by atoms with Crippen molar-refractivity contribution in [2.45, 2.75) is 98.2 Å². The van der Waals surface area contributed by atoms with Gasteiger partial charge in [0.15, 0.2) is 9.95 Å². The van der Waals surface area contributed by atoms with Gasteiger partial charge in [-0.2, -0.15) is 16.8 Å². The van der Waals surface area contributed by atoms with Crippen LogP contribution in [0.1, 0.15) is 121 Å². The molecule has 0 amide bonds. The van der Waals surface area contributed by atoms with Gasteiger partial charge in [0.1, 0.15) is 27.0 Å². The number of para-hydroxylation sites is 1. The molecule has 2 saturated carbocycles. The zero-order valence-corrected chi connectivity index (χ0v) is 37.9. The molecule has 0 unspecified atom stereocenters. The third-order valence-electron chi connectivity index (χ3n) is 14.0. The van der Waals surface area contributed by atoms with Crippen LogP contribution in [0.5, 0.6) is 28.7 Å². The molecule has 67 heavy (non-hydrogen) atoms. The van der Waals surface area contributed by atoms with Crippen LogP contribution in [0.15, 0.2) is 119 Å². The first-order chi connectivity index (χ1) is 32.4. The molecule has 10 rings (SSSR count). The molecular weight excluding hydrogens is 889 g/mol. The van der Waals surface area contributed by atoms with Crippen molar-refractivity contribution in [3.05, 3.63) is 158 Å². The summed E-state index contributed by atoms with van der Waals surface area (Å²) in [6.07, 6.45) is 9.44. The van der Waals surface area contributed by atoms with Gasteiger partial charge in [-0.15, -0.1) is 0 Å². The molecule has 338 valence electrons. The van der Waals surface area contributed by atoms with Gasteiger partial charge in [-0.25, -0.2) is 0 Å². The van der Waals surface area contributed by atoms with Crippen LogP contribution in [0.3, 0.4) is 0 Å². The molecule has 0 bridgehead atoms. The number of rotatable bonds is 9. The lowest BCUT2D eigenvalue weighted by Gasteiger charge is -2.34. The summed E-state index contributed by atoms with van der Waals surface area (Å²) >= 11 is 0. The van der Waals surface area contributed by atoms with E-state index >= 15 is 0 Å². The minimum atomic E-state index is -4.55. The van der Waals surface area contributed by atoms with E-state index in [-0.39, 0.29) is 89.7 Å². The minimum Gasteiger partial charge on any atom is -0.508 e. The van der Waals surface area contributed by atoms with E-state index in [1.165, 1.54) is 60.7 Å². The van der Waals surface area contributed by atoms with Crippen molar-refractivity contribution >= 4 is 53.2 Å². The van der Waals surface area contributed by atoms with Crippen molar-refractivity contribution in [2.75, 3.05) is 0 Å². The van der Waals surface area contributed by atoms with Crippen LogP contribution < -0.4 is 8.37 Å². The standard InChI is InChI=1S/C52H44N4O9S2/c53-55-43-23-21-34-36(51(43)58)16-9-19-48(34)66(60,61)64-46-26-32-25-33-27-47(65-67(62,63)49-20-10-17-37-35(49)22-24-44(56-54)52(37)59)40(31-13-5-2-6-14-31)29-42(33)50(38-15-7-8-18-45(38)57)41(32)28-39(46)30-11-3-1-4-12-30/h7-10,15-24,26-31,50H,1-6,11-14,25H2,(H-2,57,58,59)/p+2. The highest BCUT2D eigenvalue weighted by molar-refractivity contribution is 7.87. The molecular formula is C52H46N4O9S2+2. The largest absolute Gasteiger partial charge is 0.508 e. The number of hydrogen-bond donors (Lipinski definition) is 3. The fourth-order valence-corrected chi connectivity index (χ4v) is 13.1. The molecule has 15 heteroatoms. The third-order valence-corrected chi connectivity index (χ3v) is 16.6. The number of aromatic hydroxyl groups is 3. The molecule has 2 fully saturated rings. The second kappa shape index (κ2) is 17.2. The molecule has 0 heterocycles. The number of diazo groups is 2. The van der Waals surface area contributed by atoms with Crippen LogP contribution in [0.25, 0.3) is 31.5 Å². The first-order valence-corrected chi connectivity index (χ1v) is 25.4. The lowest BCUT2D eigenvalue weighted by atomic mass is 9.71. The SMILES string of the molecule is N#[N+]c1ccc2c(S(=O)(=O)Oc3cc4c(cc3C3CCCCC3)C(c3ccccc3O)c3cc(C5CCCCC5)c(OS(=O)(=O)c5cccc6c(O)c([N+]#N)ccc56)cc3C4)cccc2c1O. The predicted molar refractivity (Wildman–Crippen MR) is 253 cm³/mol. The molecule has 3 aliphatic rings. The molecule has 3 N–H and O–H groups in total. The highest BCUT2D eigenvalue weighted by atomic mass is 32.2. The van der Waals surface area contributed by atoms with Gasteiger partial charge in [0.2, 0.25) is 22.3 Å². The number of benzene rings is 7. The normalized spacial score (nSPS) is 15.9. The van der Waals surface area contributed by atoms with Crippen LogP contribution in [0.2, 0.25) is 0 Å². The quantitative estimate of drug-likeness (QED) is 0.0917. The molecule has 7 aromatic rings. The third kappa shape index (κ3) is 7.82. The average Bonchev–Trinajstić information content (AvgIpc) is 3.33. The summed E-state index contributed by atoms with van der Waals surface area (Å²) < 4.78 is 70.5. The summed E-state index contributed by atoms with van der Waals surface area (Å²) in [6.45, 7) is 0. The lowest BCUT2D eigenvalue weighted by Crippen LogP contribution is -2.20. The van der Waals surface area contributed by atoms with Crippen LogP contribution in [0, 0.1) is 10.8 Å². The van der Waals surface area contributed by atoms with Gasteiger partial charge >= 0.3 is 31.6 Å². The predicted octanol–water partition coefficient (Wildman–Crippen LogP) is 12.8. The second-order valence-electron chi connectivity index (χ2n) is 17.9. The Balaban J connectivity index is 1.14. The Hall–Kier alpha value is -7.20. The zero-order valence-electron chi connectivity index (χ0n) is 36.3. The monoisotopic (exact) mass is 934 g/mol. The van der Waals surface area contributed by atoms with Crippen LogP contribution in [-0.2, 0) is 26.7 Å².